The van der Waals surface area contributed by atoms with E-state index in [4.69, 9.17) is 11.6 Å². The third-order valence-electron chi connectivity index (χ3n) is 4.64. The molecule has 1 aromatic rings. The highest BCUT2D eigenvalue weighted by atomic mass is 35.5. The quantitative estimate of drug-likeness (QED) is 0.815. The Kier molecular flexibility index (Phi) is 3.64. The molecule has 0 N–H and O–H groups in total. The fraction of sp³-hybridized carbons (Fsp3) is 0.562. The minimum Gasteiger partial charge on any atom is -0.300 e. The van der Waals surface area contributed by atoms with Gasteiger partial charge in [0.15, 0.2) is 0 Å². The Hall–Kier alpha value is -0.860. The van der Waals surface area contributed by atoms with E-state index < -0.39 is 0 Å². The Bertz CT molecular complexity index is 454. The predicted molar refractivity (Wildman–Crippen MR) is 77.4 cm³/mol. The number of ketones is 1. The van der Waals surface area contributed by atoms with E-state index in [9.17, 15) is 4.79 Å². The van der Waals surface area contributed by atoms with E-state index in [1.807, 2.05) is 12.1 Å². The maximum absolute atomic E-state index is 11.8. The Morgan fingerprint density at radius 1 is 1.16 bits per heavy atom. The molecule has 2 aliphatic heterocycles. The molecule has 3 rings (SSSR count). The SMILES string of the molecule is CC(c1ccc(Cl)cc1)N1C2CCCC1CC(=O)C2. The second-order valence-corrected chi connectivity index (χ2v) is 6.30. The van der Waals surface area contributed by atoms with Gasteiger partial charge in [0.05, 0.1) is 0 Å². The van der Waals surface area contributed by atoms with Gasteiger partial charge in [-0.3, -0.25) is 9.69 Å². The summed E-state index contributed by atoms with van der Waals surface area (Å²) in [7, 11) is 0. The van der Waals surface area contributed by atoms with Gasteiger partial charge in [-0.15, -0.1) is 0 Å². The number of carbonyl (C=O) groups is 1. The Labute approximate surface area is 119 Å². The van der Waals surface area contributed by atoms with E-state index in [1.54, 1.807) is 0 Å². The summed E-state index contributed by atoms with van der Waals surface area (Å²) >= 11 is 5.96. The molecule has 2 nitrogen and oxygen atoms in total. The summed E-state index contributed by atoms with van der Waals surface area (Å²) in [6.45, 7) is 2.25. The van der Waals surface area contributed by atoms with Crippen LogP contribution in [0.15, 0.2) is 24.3 Å². The van der Waals surface area contributed by atoms with Crippen molar-refractivity contribution in [1.29, 1.82) is 0 Å². The zero-order chi connectivity index (χ0) is 13.4. The number of halogens is 1. The molecule has 3 atom stereocenters. The first-order chi connectivity index (χ1) is 9.15. The van der Waals surface area contributed by atoms with Crippen LogP contribution in [0.1, 0.15) is 50.6 Å². The molecular formula is C16H20ClNO. The van der Waals surface area contributed by atoms with E-state index in [0.717, 1.165) is 17.9 Å². The molecule has 0 aliphatic carbocycles. The predicted octanol–water partition coefficient (Wildman–Crippen LogP) is 3.99. The largest absolute Gasteiger partial charge is 0.300 e. The number of nitrogens with zero attached hydrogens (tertiary/aromatic N) is 1. The number of fused-ring (bicyclic) bond motifs is 2. The fourth-order valence-corrected chi connectivity index (χ4v) is 3.88. The van der Waals surface area contributed by atoms with Gasteiger partial charge in [0.2, 0.25) is 0 Å². The second kappa shape index (κ2) is 5.26. The highest BCUT2D eigenvalue weighted by molar-refractivity contribution is 6.30. The van der Waals surface area contributed by atoms with Crippen LogP contribution in [-0.4, -0.2) is 22.8 Å². The van der Waals surface area contributed by atoms with E-state index >= 15 is 0 Å². The van der Waals surface area contributed by atoms with Gasteiger partial charge < -0.3 is 0 Å². The minimum absolute atomic E-state index is 0.376. The summed E-state index contributed by atoms with van der Waals surface area (Å²) in [4.78, 5) is 14.4. The third kappa shape index (κ3) is 2.56. The first-order valence-corrected chi connectivity index (χ1v) is 7.57. The van der Waals surface area contributed by atoms with Crippen LogP contribution in [0.5, 0.6) is 0 Å². The van der Waals surface area contributed by atoms with Gasteiger partial charge >= 0.3 is 0 Å². The second-order valence-electron chi connectivity index (χ2n) is 5.86. The first-order valence-electron chi connectivity index (χ1n) is 7.20. The standard InChI is InChI=1S/C16H20ClNO/c1-11(12-5-7-13(17)8-6-12)18-14-3-2-4-15(18)10-16(19)9-14/h5-8,11,14-15H,2-4,9-10H2,1H3. The maximum atomic E-state index is 11.8. The Morgan fingerprint density at radius 2 is 1.74 bits per heavy atom. The molecule has 19 heavy (non-hydrogen) atoms. The summed E-state index contributed by atoms with van der Waals surface area (Å²) < 4.78 is 0. The zero-order valence-corrected chi connectivity index (χ0v) is 12.1. The molecule has 2 fully saturated rings. The highest BCUT2D eigenvalue weighted by Gasteiger charge is 2.39. The number of benzene rings is 1. The van der Waals surface area contributed by atoms with Crippen LogP contribution in [0.4, 0.5) is 0 Å². The number of piperidine rings is 2. The van der Waals surface area contributed by atoms with Crippen molar-refractivity contribution < 1.29 is 4.79 Å². The molecule has 0 aromatic heterocycles. The summed E-state index contributed by atoms with van der Waals surface area (Å²) in [5.41, 5.74) is 1.30. The van der Waals surface area contributed by atoms with Crippen LogP contribution >= 0.6 is 11.6 Å². The molecule has 0 amide bonds. The summed E-state index contributed by atoms with van der Waals surface area (Å²) in [6.07, 6.45) is 5.09. The summed E-state index contributed by atoms with van der Waals surface area (Å²) in [6, 6.07) is 9.41. The molecule has 0 spiro atoms. The van der Waals surface area contributed by atoms with Gasteiger partial charge in [0.25, 0.3) is 0 Å². The van der Waals surface area contributed by atoms with Crippen molar-refractivity contribution >= 4 is 17.4 Å². The first kappa shape index (κ1) is 13.1. The van der Waals surface area contributed by atoms with Crippen molar-refractivity contribution in [2.24, 2.45) is 0 Å². The van der Waals surface area contributed by atoms with Crippen LogP contribution < -0.4 is 0 Å². The zero-order valence-electron chi connectivity index (χ0n) is 11.3. The smallest absolute Gasteiger partial charge is 0.136 e. The van der Waals surface area contributed by atoms with E-state index in [1.165, 1.54) is 24.8 Å². The lowest BCUT2D eigenvalue weighted by molar-refractivity contribution is -0.128. The molecule has 2 saturated heterocycles. The molecule has 3 unspecified atom stereocenters. The van der Waals surface area contributed by atoms with Gasteiger partial charge in [-0.2, -0.15) is 0 Å². The normalized spacial score (nSPS) is 29.3. The summed E-state index contributed by atoms with van der Waals surface area (Å²) in [5, 5.41) is 0.782. The summed E-state index contributed by atoms with van der Waals surface area (Å²) in [5.74, 6) is 0.453. The lowest BCUT2D eigenvalue weighted by Gasteiger charge is -2.48. The van der Waals surface area contributed by atoms with Crippen molar-refractivity contribution in [1.82, 2.24) is 4.90 Å². The number of Topliss-reactive ketones (excluding diaryl/α,β-unsaturated/α-hetero) is 1. The minimum atomic E-state index is 0.376. The van der Waals surface area contributed by atoms with Crippen LogP contribution in [0.2, 0.25) is 5.02 Å². The van der Waals surface area contributed by atoms with Crippen molar-refractivity contribution in [2.75, 3.05) is 0 Å². The molecule has 0 radical (unpaired) electrons. The topological polar surface area (TPSA) is 20.3 Å². The lowest BCUT2D eigenvalue weighted by atomic mass is 9.82. The van der Waals surface area contributed by atoms with E-state index in [0.29, 0.717) is 23.9 Å². The third-order valence-corrected chi connectivity index (χ3v) is 4.90. The lowest BCUT2D eigenvalue weighted by Crippen LogP contribution is -2.53. The van der Waals surface area contributed by atoms with Crippen molar-refractivity contribution in [2.45, 2.75) is 57.2 Å². The molecule has 2 aliphatic rings. The monoisotopic (exact) mass is 277 g/mol. The Balaban J connectivity index is 1.84. The van der Waals surface area contributed by atoms with Crippen LogP contribution in [0.3, 0.4) is 0 Å². The number of carbonyl (C=O) groups excluding carboxylic acids is 1. The van der Waals surface area contributed by atoms with Gasteiger partial charge in [-0.25, -0.2) is 0 Å². The van der Waals surface area contributed by atoms with E-state index in [-0.39, 0.29) is 0 Å². The molecule has 1 aromatic carbocycles. The molecular weight excluding hydrogens is 258 g/mol. The number of hydrogen-bond acceptors (Lipinski definition) is 2. The van der Waals surface area contributed by atoms with Crippen molar-refractivity contribution in [3.63, 3.8) is 0 Å². The van der Waals surface area contributed by atoms with Crippen LogP contribution in [0.25, 0.3) is 0 Å². The average molecular weight is 278 g/mol. The average Bonchev–Trinajstić information content (AvgIpc) is 2.37. The Morgan fingerprint density at radius 3 is 2.32 bits per heavy atom. The maximum Gasteiger partial charge on any atom is 0.136 e. The van der Waals surface area contributed by atoms with Gasteiger partial charge in [0.1, 0.15) is 5.78 Å². The van der Waals surface area contributed by atoms with Gasteiger partial charge in [-0.1, -0.05) is 30.2 Å². The molecule has 3 heteroatoms. The van der Waals surface area contributed by atoms with Gasteiger partial charge in [0, 0.05) is 36.0 Å². The fourth-order valence-electron chi connectivity index (χ4n) is 3.76. The molecule has 102 valence electrons. The molecule has 0 saturated carbocycles. The van der Waals surface area contributed by atoms with Crippen LogP contribution in [-0.2, 0) is 4.79 Å². The molecule has 2 bridgehead atoms. The van der Waals surface area contributed by atoms with Crippen LogP contribution in [0, 0.1) is 0 Å². The van der Waals surface area contributed by atoms with Crippen molar-refractivity contribution in [3.05, 3.63) is 34.9 Å². The van der Waals surface area contributed by atoms with Crippen molar-refractivity contribution in [3.8, 4) is 0 Å². The highest BCUT2D eigenvalue weighted by Crippen LogP contribution is 2.38. The van der Waals surface area contributed by atoms with Gasteiger partial charge in [-0.05, 0) is 37.5 Å². The number of rotatable bonds is 2. The number of hydrogen-bond donors (Lipinski definition) is 0. The molecule has 2 heterocycles. The van der Waals surface area contributed by atoms with E-state index in [2.05, 4.69) is 24.0 Å².